The SMILES string of the molecule is COc1ccc(CC(=O)NNC(=O)Cc2ccc(F)cc2)cc1F. The molecule has 2 N–H and O–H groups in total. The fraction of sp³-hybridized carbons (Fsp3) is 0.176. The van der Waals surface area contributed by atoms with Gasteiger partial charge in [0.25, 0.3) is 0 Å². The van der Waals surface area contributed by atoms with E-state index in [1.165, 1.54) is 43.5 Å². The van der Waals surface area contributed by atoms with Gasteiger partial charge in [-0.25, -0.2) is 8.78 Å². The lowest BCUT2D eigenvalue weighted by Crippen LogP contribution is -2.43. The van der Waals surface area contributed by atoms with Gasteiger partial charge in [0.2, 0.25) is 11.8 Å². The number of nitrogens with one attached hydrogen (secondary N) is 2. The van der Waals surface area contributed by atoms with E-state index >= 15 is 0 Å². The predicted octanol–water partition coefficient (Wildman–Crippen LogP) is 1.91. The van der Waals surface area contributed by atoms with Crippen molar-refractivity contribution in [2.45, 2.75) is 12.8 Å². The number of halogens is 2. The topological polar surface area (TPSA) is 67.4 Å². The standard InChI is InChI=1S/C17H16F2N2O3/c1-24-15-7-4-12(8-14(15)19)10-17(23)21-20-16(22)9-11-2-5-13(18)6-3-11/h2-8H,9-10H2,1H3,(H,20,22)(H,21,23). The molecule has 0 aliphatic rings. The van der Waals surface area contributed by atoms with Gasteiger partial charge in [0.05, 0.1) is 20.0 Å². The van der Waals surface area contributed by atoms with Gasteiger partial charge in [-0.1, -0.05) is 18.2 Å². The molecule has 0 fully saturated rings. The van der Waals surface area contributed by atoms with E-state index in [1.54, 1.807) is 6.07 Å². The minimum absolute atomic E-state index is 0.00226. The summed E-state index contributed by atoms with van der Waals surface area (Å²) in [6.45, 7) is 0. The summed E-state index contributed by atoms with van der Waals surface area (Å²) in [6, 6.07) is 9.64. The van der Waals surface area contributed by atoms with Gasteiger partial charge in [0, 0.05) is 0 Å². The van der Waals surface area contributed by atoms with Gasteiger partial charge < -0.3 is 4.74 Å². The molecule has 7 heteroatoms. The van der Waals surface area contributed by atoms with Crippen LogP contribution in [0.25, 0.3) is 0 Å². The third-order valence-corrected chi connectivity index (χ3v) is 3.20. The third-order valence-electron chi connectivity index (χ3n) is 3.20. The fourth-order valence-corrected chi connectivity index (χ4v) is 2.02. The zero-order valence-corrected chi connectivity index (χ0v) is 12.9. The molecule has 0 aliphatic heterocycles. The number of methoxy groups -OCH3 is 1. The van der Waals surface area contributed by atoms with Crippen molar-refractivity contribution in [2.24, 2.45) is 0 Å². The Morgan fingerprint density at radius 2 is 1.46 bits per heavy atom. The lowest BCUT2D eigenvalue weighted by molar-refractivity contribution is -0.128. The molecule has 0 radical (unpaired) electrons. The van der Waals surface area contributed by atoms with E-state index < -0.39 is 17.6 Å². The van der Waals surface area contributed by atoms with Crippen LogP contribution in [0.2, 0.25) is 0 Å². The second-order valence-corrected chi connectivity index (χ2v) is 5.05. The Morgan fingerprint density at radius 3 is 2.00 bits per heavy atom. The van der Waals surface area contributed by atoms with Gasteiger partial charge in [-0.3, -0.25) is 20.4 Å². The average molecular weight is 334 g/mol. The molecule has 2 amide bonds. The normalized spacial score (nSPS) is 10.1. The van der Waals surface area contributed by atoms with Crippen LogP contribution in [-0.4, -0.2) is 18.9 Å². The number of benzene rings is 2. The first-order valence-corrected chi connectivity index (χ1v) is 7.12. The van der Waals surface area contributed by atoms with Crippen molar-refractivity contribution in [3.63, 3.8) is 0 Å². The highest BCUT2D eigenvalue weighted by molar-refractivity contribution is 5.84. The first-order chi connectivity index (χ1) is 11.5. The summed E-state index contributed by atoms with van der Waals surface area (Å²) < 4.78 is 31.1. The van der Waals surface area contributed by atoms with Gasteiger partial charge in [-0.05, 0) is 35.4 Å². The molecule has 24 heavy (non-hydrogen) atoms. The van der Waals surface area contributed by atoms with Crippen LogP contribution < -0.4 is 15.6 Å². The summed E-state index contributed by atoms with van der Waals surface area (Å²) in [7, 11) is 1.35. The van der Waals surface area contributed by atoms with Crippen molar-refractivity contribution in [3.8, 4) is 5.75 Å². The number of ether oxygens (including phenoxy) is 1. The highest BCUT2D eigenvalue weighted by Gasteiger charge is 2.09. The largest absolute Gasteiger partial charge is 0.494 e. The van der Waals surface area contributed by atoms with Crippen molar-refractivity contribution < 1.29 is 23.1 Å². The maximum absolute atomic E-state index is 13.5. The molecule has 0 saturated heterocycles. The lowest BCUT2D eigenvalue weighted by Gasteiger charge is -2.08. The minimum atomic E-state index is -0.567. The monoisotopic (exact) mass is 334 g/mol. The molecule has 5 nitrogen and oxygen atoms in total. The number of hydrogen-bond acceptors (Lipinski definition) is 3. The van der Waals surface area contributed by atoms with Crippen LogP contribution in [0.3, 0.4) is 0 Å². The predicted molar refractivity (Wildman–Crippen MR) is 83.0 cm³/mol. The van der Waals surface area contributed by atoms with E-state index in [0.29, 0.717) is 11.1 Å². The summed E-state index contributed by atoms with van der Waals surface area (Å²) in [5.74, 6) is -1.81. The van der Waals surface area contributed by atoms with Crippen LogP contribution in [-0.2, 0) is 22.4 Å². The van der Waals surface area contributed by atoms with Crippen LogP contribution in [0, 0.1) is 11.6 Å². The molecule has 0 aromatic heterocycles. The van der Waals surface area contributed by atoms with Gasteiger partial charge in [0.15, 0.2) is 11.6 Å². The number of hydrogen-bond donors (Lipinski definition) is 2. The van der Waals surface area contributed by atoms with Gasteiger partial charge in [0.1, 0.15) is 5.82 Å². The zero-order chi connectivity index (χ0) is 17.5. The molecule has 0 spiro atoms. The van der Waals surface area contributed by atoms with Crippen molar-refractivity contribution >= 4 is 11.8 Å². The highest BCUT2D eigenvalue weighted by atomic mass is 19.1. The summed E-state index contributed by atoms with van der Waals surface area (Å²) in [6.07, 6.45) is -0.102. The second kappa shape index (κ2) is 8.05. The van der Waals surface area contributed by atoms with E-state index in [4.69, 9.17) is 4.74 Å². The quantitative estimate of drug-likeness (QED) is 0.821. The first-order valence-electron chi connectivity index (χ1n) is 7.12. The number of carbonyl (C=O) groups excluding carboxylic acids is 2. The molecule has 126 valence electrons. The zero-order valence-electron chi connectivity index (χ0n) is 12.9. The van der Waals surface area contributed by atoms with Crippen LogP contribution in [0.1, 0.15) is 11.1 Å². The molecule has 2 aromatic rings. The maximum Gasteiger partial charge on any atom is 0.242 e. The number of carbonyl (C=O) groups is 2. The van der Waals surface area contributed by atoms with E-state index in [9.17, 15) is 18.4 Å². The molecular formula is C17H16F2N2O3. The van der Waals surface area contributed by atoms with Crippen LogP contribution >= 0.6 is 0 Å². The van der Waals surface area contributed by atoms with E-state index in [-0.39, 0.29) is 24.4 Å². The van der Waals surface area contributed by atoms with Crippen molar-refractivity contribution in [1.82, 2.24) is 10.9 Å². The smallest absolute Gasteiger partial charge is 0.242 e. The average Bonchev–Trinajstić information content (AvgIpc) is 2.55. The molecule has 2 rings (SSSR count). The minimum Gasteiger partial charge on any atom is -0.494 e. The fourth-order valence-electron chi connectivity index (χ4n) is 2.02. The summed E-state index contributed by atoms with van der Waals surface area (Å²) in [4.78, 5) is 23.4. The van der Waals surface area contributed by atoms with Crippen molar-refractivity contribution in [1.29, 1.82) is 0 Å². The molecule has 0 heterocycles. The van der Waals surface area contributed by atoms with Gasteiger partial charge in [-0.2, -0.15) is 0 Å². The number of hydrazine groups is 1. The van der Waals surface area contributed by atoms with E-state index in [1.807, 2.05) is 0 Å². The Balaban J connectivity index is 1.81. The van der Waals surface area contributed by atoms with Crippen LogP contribution in [0.15, 0.2) is 42.5 Å². The van der Waals surface area contributed by atoms with Crippen LogP contribution in [0.5, 0.6) is 5.75 Å². The summed E-state index contributed by atoms with van der Waals surface area (Å²) in [5.41, 5.74) is 5.55. The van der Waals surface area contributed by atoms with Crippen LogP contribution in [0.4, 0.5) is 8.78 Å². The van der Waals surface area contributed by atoms with Gasteiger partial charge in [-0.15, -0.1) is 0 Å². The number of rotatable bonds is 5. The Labute approximate surface area is 137 Å². The third kappa shape index (κ3) is 5.05. The van der Waals surface area contributed by atoms with E-state index in [2.05, 4.69) is 10.9 Å². The summed E-state index contributed by atoms with van der Waals surface area (Å²) in [5, 5.41) is 0. The summed E-state index contributed by atoms with van der Waals surface area (Å²) >= 11 is 0. The Morgan fingerprint density at radius 1 is 0.917 bits per heavy atom. The molecule has 0 unspecified atom stereocenters. The molecule has 2 aromatic carbocycles. The van der Waals surface area contributed by atoms with Crippen molar-refractivity contribution in [3.05, 3.63) is 65.2 Å². The highest BCUT2D eigenvalue weighted by Crippen LogP contribution is 2.17. The Bertz CT molecular complexity index is 733. The second-order valence-electron chi connectivity index (χ2n) is 5.05. The Kier molecular flexibility index (Phi) is 5.83. The molecule has 0 saturated carbocycles. The first kappa shape index (κ1) is 17.4. The molecule has 0 aliphatic carbocycles. The molecular weight excluding hydrogens is 318 g/mol. The Hall–Kier alpha value is -2.96. The molecule has 0 atom stereocenters. The maximum atomic E-state index is 13.5. The van der Waals surface area contributed by atoms with E-state index in [0.717, 1.165) is 0 Å². The van der Waals surface area contributed by atoms with Crippen molar-refractivity contribution in [2.75, 3.05) is 7.11 Å². The number of amides is 2. The molecule has 0 bridgehead atoms. The van der Waals surface area contributed by atoms with Gasteiger partial charge >= 0.3 is 0 Å². The lowest BCUT2D eigenvalue weighted by atomic mass is 10.1.